The number of hydrogen-bond acceptors (Lipinski definition) is 6. The number of carboxylic acids is 1. The van der Waals surface area contributed by atoms with Gasteiger partial charge in [-0.25, -0.2) is 17.9 Å². The van der Waals surface area contributed by atoms with Gasteiger partial charge in [-0.3, -0.25) is 4.79 Å². The van der Waals surface area contributed by atoms with E-state index in [9.17, 15) is 18.0 Å². The quantitative estimate of drug-likeness (QED) is 0.614. The van der Waals surface area contributed by atoms with Gasteiger partial charge >= 0.3 is 5.97 Å². The Morgan fingerprint density at radius 3 is 2.44 bits per heavy atom. The van der Waals surface area contributed by atoms with Crippen LogP contribution in [0.5, 0.6) is 5.75 Å². The SMILES string of the molecule is CNS(=O)(=O)c1cc(C(=O)NC(C)c2ccc(OCC(=O)O)cc2)c(C)o1. The van der Waals surface area contributed by atoms with Gasteiger partial charge in [-0.05, 0) is 38.6 Å². The topological polar surface area (TPSA) is 135 Å². The van der Waals surface area contributed by atoms with Gasteiger partial charge in [0.05, 0.1) is 11.6 Å². The molecule has 1 aromatic heterocycles. The Kier molecular flexibility index (Phi) is 6.24. The lowest BCUT2D eigenvalue weighted by Crippen LogP contribution is -2.26. The van der Waals surface area contributed by atoms with E-state index in [4.69, 9.17) is 14.3 Å². The molecule has 1 atom stereocenters. The molecule has 0 aliphatic carbocycles. The monoisotopic (exact) mass is 396 g/mol. The highest BCUT2D eigenvalue weighted by atomic mass is 32.2. The number of carbonyl (C=O) groups is 2. The maximum Gasteiger partial charge on any atom is 0.341 e. The van der Waals surface area contributed by atoms with Gasteiger partial charge in [0.2, 0.25) is 5.09 Å². The molecule has 10 heteroatoms. The van der Waals surface area contributed by atoms with Crippen molar-refractivity contribution in [2.75, 3.05) is 13.7 Å². The molecule has 0 radical (unpaired) electrons. The highest BCUT2D eigenvalue weighted by Gasteiger charge is 2.23. The number of aryl methyl sites for hydroxylation is 1. The van der Waals surface area contributed by atoms with Crippen molar-refractivity contribution >= 4 is 21.9 Å². The zero-order valence-electron chi connectivity index (χ0n) is 15.0. The van der Waals surface area contributed by atoms with Crippen molar-refractivity contribution in [1.29, 1.82) is 0 Å². The van der Waals surface area contributed by atoms with E-state index in [1.165, 1.54) is 20.0 Å². The molecular weight excluding hydrogens is 376 g/mol. The second kappa shape index (κ2) is 8.23. The molecule has 146 valence electrons. The summed E-state index contributed by atoms with van der Waals surface area (Å²) in [4.78, 5) is 22.9. The molecule has 0 spiro atoms. The van der Waals surface area contributed by atoms with E-state index in [2.05, 4.69) is 10.0 Å². The van der Waals surface area contributed by atoms with E-state index in [0.29, 0.717) is 5.75 Å². The van der Waals surface area contributed by atoms with Crippen LogP contribution in [0.2, 0.25) is 0 Å². The number of ether oxygens (including phenoxy) is 1. The van der Waals surface area contributed by atoms with Crippen molar-refractivity contribution in [3.05, 3.63) is 47.2 Å². The second-order valence-corrected chi connectivity index (χ2v) is 7.51. The molecule has 0 bridgehead atoms. The van der Waals surface area contributed by atoms with Crippen LogP contribution < -0.4 is 14.8 Å². The fraction of sp³-hybridized carbons (Fsp3) is 0.294. The molecule has 1 aromatic carbocycles. The number of carbonyl (C=O) groups excluding carboxylic acids is 1. The van der Waals surface area contributed by atoms with E-state index in [1.54, 1.807) is 31.2 Å². The lowest BCUT2D eigenvalue weighted by atomic mass is 10.1. The highest BCUT2D eigenvalue weighted by Crippen LogP contribution is 2.21. The molecular formula is C17H20N2O7S. The minimum Gasteiger partial charge on any atom is -0.482 e. The number of rotatable bonds is 8. The molecule has 3 N–H and O–H groups in total. The summed E-state index contributed by atoms with van der Waals surface area (Å²) in [6, 6.07) is 7.38. The third-order valence-corrected chi connectivity index (χ3v) is 5.03. The number of carboxylic acid groups (broad SMARTS) is 1. The Balaban J connectivity index is 2.08. The Hall–Kier alpha value is -2.85. The van der Waals surface area contributed by atoms with Crippen LogP contribution in [0, 0.1) is 6.92 Å². The summed E-state index contributed by atoms with van der Waals surface area (Å²) >= 11 is 0. The fourth-order valence-corrected chi connectivity index (χ4v) is 2.98. The van der Waals surface area contributed by atoms with Crippen LogP contribution in [-0.4, -0.2) is 39.1 Å². The van der Waals surface area contributed by atoms with Crippen LogP contribution in [0.4, 0.5) is 0 Å². The number of hydrogen-bond donors (Lipinski definition) is 3. The highest BCUT2D eigenvalue weighted by molar-refractivity contribution is 7.89. The maximum atomic E-state index is 12.4. The first-order valence-corrected chi connectivity index (χ1v) is 9.41. The van der Waals surface area contributed by atoms with Crippen molar-refractivity contribution in [2.45, 2.75) is 25.0 Å². The molecule has 0 aliphatic heterocycles. The zero-order chi connectivity index (χ0) is 20.2. The van der Waals surface area contributed by atoms with Gasteiger partial charge in [-0.2, -0.15) is 0 Å². The summed E-state index contributed by atoms with van der Waals surface area (Å²) in [5.41, 5.74) is 0.882. The Morgan fingerprint density at radius 2 is 1.89 bits per heavy atom. The van der Waals surface area contributed by atoms with Crippen molar-refractivity contribution in [3.63, 3.8) is 0 Å². The van der Waals surface area contributed by atoms with E-state index in [0.717, 1.165) is 5.56 Å². The largest absolute Gasteiger partial charge is 0.482 e. The average molecular weight is 396 g/mol. The minimum atomic E-state index is -3.78. The smallest absolute Gasteiger partial charge is 0.341 e. The molecule has 2 aromatic rings. The van der Waals surface area contributed by atoms with Crippen molar-refractivity contribution in [3.8, 4) is 5.75 Å². The van der Waals surface area contributed by atoms with Gasteiger partial charge in [0.1, 0.15) is 11.5 Å². The number of furan rings is 1. The van der Waals surface area contributed by atoms with E-state index in [-0.39, 0.29) is 22.5 Å². The van der Waals surface area contributed by atoms with Crippen LogP contribution in [0.25, 0.3) is 0 Å². The normalized spacial score (nSPS) is 12.4. The van der Waals surface area contributed by atoms with Gasteiger partial charge in [0.15, 0.2) is 6.61 Å². The summed E-state index contributed by atoms with van der Waals surface area (Å²) in [5.74, 6) is -0.972. The van der Waals surface area contributed by atoms with Crippen LogP contribution in [0.1, 0.15) is 34.6 Å². The molecule has 27 heavy (non-hydrogen) atoms. The number of amides is 1. The second-order valence-electron chi connectivity index (χ2n) is 5.69. The summed E-state index contributed by atoms with van der Waals surface area (Å²) < 4.78 is 35.9. The first-order valence-electron chi connectivity index (χ1n) is 7.93. The Morgan fingerprint density at radius 1 is 1.26 bits per heavy atom. The molecule has 0 saturated carbocycles. The lowest BCUT2D eigenvalue weighted by Gasteiger charge is -2.14. The lowest BCUT2D eigenvalue weighted by molar-refractivity contribution is -0.139. The van der Waals surface area contributed by atoms with E-state index < -0.39 is 28.5 Å². The van der Waals surface area contributed by atoms with Gasteiger partial charge in [0, 0.05) is 6.07 Å². The molecule has 0 fully saturated rings. The minimum absolute atomic E-state index is 0.122. The van der Waals surface area contributed by atoms with Gasteiger partial charge < -0.3 is 19.6 Å². The summed E-state index contributed by atoms with van der Waals surface area (Å²) in [7, 11) is -2.53. The number of sulfonamides is 1. The predicted octanol–water partition coefficient (Wildman–Crippen LogP) is 1.45. The molecule has 1 unspecified atom stereocenters. The first-order chi connectivity index (χ1) is 12.6. The van der Waals surface area contributed by atoms with Crippen molar-refractivity contribution < 1.29 is 32.3 Å². The van der Waals surface area contributed by atoms with Gasteiger partial charge in [-0.1, -0.05) is 12.1 Å². The zero-order valence-corrected chi connectivity index (χ0v) is 15.8. The summed E-state index contributed by atoms with van der Waals surface area (Å²) in [6.45, 7) is 2.82. The number of aliphatic carboxylic acids is 1. The van der Waals surface area contributed by atoms with Gasteiger partial charge in [-0.15, -0.1) is 0 Å². The Labute approximate surface area is 156 Å². The van der Waals surface area contributed by atoms with E-state index in [1.807, 2.05) is 0 Å². The standard InChI is InChI=1S/C17H20N2O7S/c1-10(12-4-6-13(7-5-12)25-9-15(20)21)19-17(22)14-8-16(26-11(14)2)27(23,24)18-3/h4-8,10,18H,9H2,1-3H3,(H,19,22)(H,20,21). The first kappa shape index (κ1) is 20.5. The van der Waals surface area contributed by atoms with Crippen molar-refractivity contribution in [2.24, 2.45) is 0 Å². The van der Waals surface area contributed by atoms with Crippen molar-refractivity contribution in [1.82, 2.24) is 10.0 Å². The molecule has 1 amide bonds. The molecule has 9 nitrogen and oxygen atoms in total. The average Bonchev–Trinajstić information content (AvgIpc) is 3.03. The summed E-state index contributed by atoms with van der Waals surface area (Å²) in [6.07, 6.45) is 0. The molecule has 2 rings (SSSR count). The van der Waals surface area contributed by atoms with E-state index >= 15 is 0 Å². The van der Waals surface area contributed by atoms with Crippen LogP contribution in [-0.2, 0) is 14.8 Å². The molecule has 0 saturated heterocycles. The molecule has 0 aliphatic rings. The fourth-order valence-electron chi connectivity index (χ4n) is 2.27. The van der Waals surface area contributed by atoms with Crippen LogP contribution >= 0.6 is 0 Å². The van der Waals surface area contributed by atoms with Crippen LogP contribution in [0.15, 0.2) is 39.8 Å². The summed E-state index contributed by atoms with van der Waals surface area (Å²) in [5, 5.41) is 11.0. The number of nitrogens with one attached hydrogen (secondary N) is 2. The third kappa shape index (κ3) is 5.08. The Bertz CT molecular complexity index is 933. The van der Waals surface area contributed by atoms with Gasteiger partial charge in [0.25, 0.3) is 15.9 Å². The third-order valence-electron chi connectivity index (χ3n) is 3.76. The van der Waals surface area contributed by atoms with Crippen LogP contribution in [0.3, 0.4) is 0 Å². The maximum absolute atomic E-state index is 12.4. The predicted molar refractivity (Wildman–Crippen MR) is 95.1 cm³/mol. The molecule has 1 heterocycles. The number of benzene rings is 1.